The summed E-state index contributed by atoms with van der Waals surface area (Å²) >= 11 is 5.56. The van der Waals surface area contributed by atoms with E-state index >= 15 is 0 Å². The van der Waals surface area contributed by atoms with Crippen molar-refractivity contribution in [1.29, 1.82) is 0 Å². The zero-order chi connectivity index (χ0) is 20.9. The van der Waals surface area contributed by atoms with Crippen LogP contribution in [0.1, 0.15) is 72.2 Å². The van der Waals surface area contributed by atoms with Gasteiger partial charge in [-0.05, 0) is 69.2 Å². The molecule has 5 rings (SSSR count). The van der Waals surface area contributed by atoms with E-state index in [1.165, 1.54) is 44.3 Å². The number of anilines is 1. The summed E-state index contributed by atoms with van der Waals surface area (Å²) in [4.78, 5) is 11.2. The molecule has 2 aromatic heterocycles. The van der Waals surface area contributed by atoms with Crippen LogP contribution in [0.2, 0.25) is 0 Å². The molecule has 1 saturated heterocycles. The molecule has 3 aliphatic rings. The number of aromatic nitrogens is 2. The summed E-state index contributed by atoms with van der Waals surface area (Å²) in [6.07, 6.45) is 4.89. The molecule has 1 unspecified atom stereocenters. The van der Waals surface area contributed by atoms with Gasteiger partial charge in [0.2, 0.25) is 0 Å². The fourth-order valence-electron chi connectivity index (χ4n) is 5.21. The number of rotatable bonds is 3. The Morgan fingerprint density at radius 1 is 1.10 bits per heavy atom. The topological polar surface area (TPSA) is 32.3 Å². The van der Waals surface area contributed by atoms with Crippen LogP contribution in [0.3, 0.4) is 0 Å². The summed E-state index contributed by atoms with van der Waals surface area (Å²) in [6.45, 7) is 2.97. The van der Waals surface area contributed by atoms with Crippen molar-refractivity contribution in [3.8, 4) is 0 Å². The second-order valence-corrected chi connectivity index (χ2v) is 10.0. The first-order valence-electron chi connectivity index (χ1n) is 10.6. The Morgan fingerprint density at radius 2 is 1.83 bits per heavy atom. The fourth-order valence-corrected chi connectivity index (χ4v) is 6.48. The van der Waals surface area contributed by atoms with E-state index in [2.05, 4.69) is 33.7 Å². The minimum Gasteiger partial charge on any atom is -0.302 e. The molecule has 2 aliphatic heterocycles. The highest BCUT2D eigenvalue weighted by Crippen LogP contribution is 2.44. The molecule has 30 heavy (non-hydrogen) atoms. The van der Waals surface area contributed by atoms with Gasteiger partial charge < -0.3 is 9.21 Å². The van der Waals surface area contributed by atoms with Gasteiger partial charge in [-0.3, -0.25) is 0 Å². The largest absolute Gasteiger partial charge is 0.434 e. The van der Waals surface area contributed by atoms with Crippen LogP contribution in [0.15, 0.2) is 17.6 Å². The monoisotopic (exact) mass is 454 g/mol. The van der Waals surface area contributed by atoms with E-state index in [0.29, 0.717) is 23.5 Å². The lowest BCUT2D eigenvalue weighted by Crippen LogP contribution is -2.35. The molecule has 1 saturated carbocycles. The van der Waals surface area contributed by atoms with Crippen molar-refractivity contribution in [2.45, 2.75) is 62.6 Å². The average Bonchev–Trinajstić information content (AvgIpc) is 3.48. The van der Waals surface area contributed by atoms with Gasteiger partial charge in [-0.25, -0.2) is 9.97 Å². The van der Waals surface area contributed by atoms with E-state index in [1.807, 2.05) is 6.20 Å². The number of pyridine rings is 1. The molecule has 4 nitrogen and oxygen atoms in total. The Morgan fingerprint density at radius 3 is 2.50 bits per heavy atom. The third-order valence-electron chi connectivity index (χ3n) is 6.83. The highest BCUT2D eigenvalue weighted by atomic mass is 32.1. The Balaban J connectivity index is 1.35. The zero-order valence-corrected chi connectivity index (χ0v) is 18.3. The Bertz CT molecular complexity index is 902. The number of fused-ring (bicyclic) bond motifs is 1. The highest BCUT2D eigenvalue weighted by Gasteiger charge is 2.38. The van der Waals surface area contributed by atoms with E-state index in [4.69, 9.17) is 0 Å². The standard InChI is InChI=1S/C21H25F3N4S2/c22-21(23,24)18-12-30-20(26-18)17-11-28(29)19-16(17)9-14(10-25-19)13-3-5-15(6-4-13)27-7-1-2-8-27/h9-10,12-13,15,17,29H,1-8,11H2. The van der Waals surface area contributed by atoms with Crippen molar-refractivity contribution in [3.05, 3.63) is 39.5 Å². The molecule has 162 valence electrons. The van der Waals surface area contributed by atoms with Crippen LogP contribution in [0.5, 0.6) is 0 Å². The molecule has 1 atom stereocenters. The molecular formula is C21H25F3N4S2. The molecule has 4 heterocycles. The molecule has 9 heteroatoms. The smallest absolute Gasteiger partial charge is 0.302 e. The number of likely N-dealkylation sites (tertiary alicyclic amines) is 1. The van der Waals surface area contributed by atoms with Gasteiger partial charge in [-0.15, -0.1) is 11.3 Å². The predicted octanol–water partition coefficient (Wildman–Crippen LogP) is 5.48. The molecule has 0 spiro atoms. The van der Waals surface area contributed by atoms with E-state index in [0.717, 1.165) is 40.9 Å². The number of halogens is 3. The maximum Gasteiger partial charge on any atom is 0.434 e. The second-order valence-electron chi connectivity index (χ2n) is 8.63. The van der Waals surface area contributed by atoms with Crippen LogP contribution in [-0.2, 0) is 6.18 Å². The van der Waals surface area contributed by atoms with Crippen LogP contribution in [0.4, 0.5) is 19.0 Å². The van der Waals surface area contributed by atoms with E-state index in [1.54, 1.807) is 4.31 Å². The quantitative estimate of drug-likeness (QED) is 0.623. The van der Waals surface area contributed by atoms with E-state index in [9.17, 15) is 13.2 Å². The SMILES string of the molecule is FC(F)(F)c1csc(C2CN(S)c3ncc(C4CCC(N5CCCC5)CC4)cc32)n1. The number of thiazole rings is 1. The molecule has 0 bridgehead atoms. The van der Waals surface area contributed by atoms with Crippen LogP contribution >= 0.6 is 24.2 Å². The number of thiol groups is 1. The molecule has 1 aliphatic carbocycles. The fraction of sp³-hybridized carbons (Fsp3) is 0.619. The predicted molar refractivity (Wildman–Crippen MR) is 115 cm³/mol. The second kappa shape index (κ2) is 7.98. The van der Waals surface area contributed by atoms with Gasteiger partial charge in [0.15, 0.2) is 5.69 Å². The molecule has 2 fully saturated rings. The maximum atomic E-state index is 13.0. The summed E-state index contributed by atoms with van der Waals surface area (Å²) < 4.78 is 40.8. The molecule has 2 aromatic rings. The van der Waals surface area contributed by atoms with Crippen LogP contribution in [0, 0.1) is 0 Å². The van der Waals surface area contributed by atoms with Gasteiger partial charge in [-0.2, -0.15) is 13.2 Å². The third kappa shape index (κ3) is 3.84. The summed E-state index contributed by atoms with van der Waals surface area (Å²) in [6, 6.07) is 2.86. The molecule has 0 N–H and O–H groups in total. The van der Waals surface area contributed by atoms with E-state index in [-0.39, 0.29) is 5.92 Å². The lowest BCUT2D eigenvalue weighted by atomic mass is 9.81. The van der Waals surface area contributed by atoms with Gasteiger partial charge in [0.05, 0.1) is 5.92 Å². The van der Waals surface area contributed by atoms with Crippen LogP contribution in [0.25, 0.3) is 0 Å². The zero-order valence-electron chi connectivity index (χ0n) is 16.6. The molecular weight excluding hydrogens is 429 g/mol. The Labute approximate surface area is 184 Å². The maximum absolute atomic E-state index is 13.0. The van der Waals surface area contributed by atoms with Crippen molar-refractivity contribution >= 4 is 30.0 Å². The third-order valence-corrected chi connectivity index (χ3v) is 8.14. The van der Waals surface area contributed by atoms with E-state index < -0.39 is 11.9 Å². The first-order valence-corrected chi connectivity index (χ1v) is 11.9. The lowest BCUT2D eigenvalue weighted by Gasteiger charge is -2.34. The lowest BCUT2D eigenvalue weighted by molar-refractivity contribution is -0.140. The Kier molecular flexibility index (Phi) is 5.48. The number of nitrogens with zero attached hydrogens (tertiary/aromatic N) is 4. The van der Waals surface area contributed by atoms with Crippen molar-refractivity contribution in [2.75, 3.05) is 23.9 Å². The first-order chi connectivity index (χ1) is 14.4. The summed E-state index contributed by atoms with van der Waals surface area (Å²) in [5, 5.41) is 1.59. The van der Waals surface area contributed by atoms with Crippen LogP contribution < -0.4 is 4.31 Å². The highest BCUT2D eigenvalue weighted by molar-refractivity contribution is 7.81. The minimum absolute atomic E-state index is 0.216. The number of hydrogen-bond donors (Lipinski definition) is 1. The van der Waals surface area contributed by atoms with Gasteiger partial charge in [-0.1, -0.05) is 12.8 Å². The van der Waals surface area contributed by atoms with Gasteiger partial charge >= 0.3 is 6.18 Å². The normalized spacial score (nSPS) is 27.6. The summed E-state index contributed by atoms with van der Waals surface area (Å²) in [5.41, 5.74) is 1.34. The summed E-state index contributed by atoms with van der Waals surface area (Å²) in [5.74, 6) is 0.992. The van der Waals surface area contributed by atoms with Crippen molar-refractivity contribution in [3.63, 3.8) is 0 Å². The average molecular weight is 455 g/mol. The van der Waals surface area contributed by atoms with Crippen molar-refractivity contribution in [2.24, 2.45) is 0 Å². The van der Waals surface area contributed by atoms with Crippen molar-refractivity contribution < 1.29 is 13.2 Å². The molecule has 0 aromatic carbocycles. The molecule has 0 radical (unpaired) electrons. The first kappa shape index (κ1) is 20.6. The van der Waals surface area contributed by atoms with Gasteiger partial charge in [0, 0.05) is 29.7 Å². The van der Waals surface area contributed by atoms with Gasteiger partial charge in [0.25, 0.3) is 0 Å². The van der Waals surface area contributed by atoms with Gasteiger partial charge in [0.1, 0.15) is 10.8 Å². The minimum atomic E-state index is -4.41. The number of hydrogen-bond acceptors (Lipinski definition) is 6. The number of alkyl halides is 3. The van der Waals surface area contributed by atoms with Crippen molar-refractivity contribution in [1.82, 2.24) is 14.9 Å². The molecule has 0 amide bonds. The Hall–Kier alpha value is -1.32. The summed E-state index contributed by atoms with van der Waals surface area (Å²) in [7, 11) is 0. The van der Waals surface area contributed by atoms with Crippen LogP contribution in [-0.4, -0.2) is 40.5 Å².